The minimum Gasteiger partial charge on any atom is -0.494 e. The van der Waals surface area contributed by atoms with Crippen LogP contribution in [-0.2, 0) is 4.79 Å². The number of benzene rings is 3. The molecule has 0 amide bonds. The van der Waals surface area contributed by atoms with Gasteiger partial charge in [0.25, 0.3) is 0 Å². The smallest absolute Gasteiger partial charge is 0.349 e. The zero-order chi connectivity index (χ0) is 27.8. The number of carbonyl (C=O) groups excluding carboxylic acids is 1. The molecule has 7 heteroatoms. The van der Waals surface area contributed by atoms with Gasteiger partial charge in [-0.25, -0.2) is 4.79 Å². The van der Waals surface area contributed by atoms with Crippen molar-refractivity contribution in [3.63, 3.8) is 0 Å². The average molecular weight is 527 g/mol. The fourth-order valence-electron chi connectivity index (χ4n) is 4.39. The monoisotopic (exact) mass is 526 g/mol. The van der Waals surface area contributed by atoms with Gasteiger partial charge >= 0.3 is 5.97 Å². The summed E-state index contributed by atoms with van der Waals surface area (Å²) in [5.74, 6) is 1.54. The van der Waals surface area contributed by atoms with E-state index in [4.69, 9.17) is 24.7 Å². The fourth-order valence-corrected chi connectivity index (χ4v) is 4.39. The molecule has 1 aliphatic heterocycles. The predicted molar refractivity (Wildman–Crippen MR) is 149 cm³/mol. The zero-order valence-electron chi connectivity index (χ0n) is 22.6. The third-order valence-electron chi connectivity index (χ3n) is 6.56. The number of carbonyl (C=O) groups is 1. The van der Waals surface area contributed by atoms with Gasteiger partial charge in [0, 0.05) is 11.6 Å². The second kappa shape index (κ2) is 12.9. The van der Waals surface area contributed by atoms with E-state index in [-0.39, 0.29) is 12.5 Å². The minimum atomic E-state index is -0.550. The molecule has 3 aromatic rings. The molecular formula is C32H34N2O5. The predicted octanol–water partition coefficient (Wildman–Crippen LogP) is 6.58. The molecule has 0 saturated heterocycles. The van der Waals surface area contributed by atoms with Crippen LogP contribution in [0.25, 0.3) is 0 Å². The summed E-state index contributed by atoms with van der Waals surface area (Å²) in [5.41, 5.74) is 9.27. The maximum atomic E-state index is 12.4. The maximum Gasteiger partial charge on any atom is 0.349 e. The summed E-state index contributed by atoms with van der Waals surface area (Å²) in [7, 11) is 0. The van der Waals surface area contributed by atoms with Crippen molar-refractivity contribution >= 4 is 5.97 Å². The number of rotatable bonds is 11. The van der Waals surface area contributed by atoms with Crippen molar-refractivity contribution in [2.45, 2.75) is 51.9 Å². The number of fused-ring (bicyclic) bond motifs is 1. The maximum absolute atomic E-state index is 12.4. The molecule has 39 heavy (non-hydrogen) atoms. The number of unbranched alkanes of at least 4 members (excludes halogenated alkanes) is 2. The molecule has 0 spiro atoms. The van der Waals surface area contributed by atoms with Crippen molar-refractivity contribution in [1.82, 2.24) is 0 Å². The van der Waals surface area contributed by atoms with Gasteiger partial charge in [0.05, 0.1) is 12.5 Å². The number of hydrogen-bond acceptors (Lipinski definition) is 7. The summed E-state index contributed by atoms with van der Waals surface area (Å²) in [6, 6.07) is 22.5. The topological polar surface area (TPSA) is 104 Å². The Morgan fingerprint density at radius 1 is 0.974 bits per heavy atom. The fraction of sp³-hybridized carbons (Fsp3) is 0.312. The largest absolute Gasteiger partial charge is 0.494 e. The molecule has 0 fully saturated rings. The lowest BCUT2D eigenvalue weighted by molar-refractivity contribution is -0.136. The number of nitrogens with zero attached hydrogens (tertiary/aromatic N) is 1. The Balaban J connectivity index is 1.45. The van der Waals surface area contributed by atoms with E-state index in [2.05, 4.69) is 26.8 Å². The van der Waals surface area contributed by atoms with Gasteiger partial charge in [-0.05, 0) is 53.8 Å². The van der Waals surface area contributed by atoms with Crippen LogP contribution < -0.4 is 24.7 Å². The molecular weight excluding hydrogens is 492 g/mol. The number of hydrogen-bond donors (Lipinski definition) is 1. The number of nitriles is 1. The van der Waals surface area contributed by atoms with E-state index < -0.39 is 11.9 Å². The van der Waals surface area contributed by atoms with E-state index in [0.29, 0.717) is 35.3 Å². The molecule has 0 radical (unpaired) electrons. The lowest BCUT2D eigenvalue weighted by Gasteiger charge is -2.26. The Labute approximate surface area is 229 Å². The van der Waals surface area contributed by atoms with Crippen LogP contribution in [0, 0.1) is 11.3 Å². The first-order chi connectivity index (χ1) is 18.9. The standard InChI is InChI=1S/C32H34N2O5/c1-4-5-6-17-36-24-13-9-23(10-14-24)31-27-16-15-26(18-29(27)39-32(34)28(31)19-33)38-30(35)20-37-25-11-7-22(8-12-25)21(2)3/h7-16,18,21,31H,4-6,17,20,34H2,1-3H3. The SMILES string of the molecule is CCCCCOc1ccc(C2C(C#N)=C(N)Oc3cc(OC(=O)COc4ccc(C(C)C)cc4)ccc32)cc1. The van der Waals surface area contributed by atoms with E-state index >= 15 is 0 Å². The molecule has 0 aromatic heterocycles. The van der Waals surface area contributed by atoms with E-state index in [1.54, 1.807) is 18.2 Å². The normalized spacial score (nSPS) is 14.3. The molecule has 202 valence electrons. The van der Waals surface area contributed by atoms with Crippen LogP contribution >= 0.6 is 0 Å². The summed E-state index contributed by atoms with van der Waals surface area (Å²) in [4.78, 5) is 12.4. The van der Waals surface area contributed by atoms with Crippen molar-refractivity contribution in [2.75, 3.05) is 13.2 Å². The molecule has 0 aliphatic carbocycles. The van der Waals surface area contributed by atoms with E-state index in [1.807, 2.05) is 48.5 Å². The van der Waals surface area contributed by atoms with Crippen molar-refractivity contribution in [3.8, 4) is 29.1 Å². The summed E-state index contributed by atoms with van der Waals surface area (Å²) >= 11 is 0. The summed E-state index contributed by atoms with van der Waals surface area (Å²) in [5, 5.41) is 9.83. The van der Waals surface area contributed by atoms with Crippen LogP contribution in [0.5, 0.6) is 23.0 Å². The Kier molecular flexibility index (Phi) is 9.11. The van der Waals surface area contributed by atoms with Crippen molar-refractivity contribution in [1.29, 1.82) is 5.26 Å². The van der Waals surface area contributed by atoms with E-state index in [1.165, 1.54) is 5.56 Å². The lowest BCUT2D eigenvalue weighted by atomic mass is 9.83. The van der Waals surface area contributed by atoms with Crippen LogP contribution in [0.1, 0.15) is 68.6 Å². The number of allylic oxidation sites excluding steroid dienone is 1. The molecule has 0 bridgehead atoms. The van der Waals surface area contributed by atoms with Crippen LogP contribution in [-0.4, -0.2) is 19.2 Å². The molecule has 1 heterocycles. The second-order valence-electron chi connectivity index (χ2n) is 9.74. The first-order valence-corrected chi connectivity index (χ1v) is 13.3. The molecule has 2 N–H and O–H groups in total. The highest BCUT2D eigenvalue weighted by molar-refractivity contribution is 5.74. The highest BCUT2D eigenvalue weighted by atomic mass is 16.6. The Morgan fingerprint density at radius 3 is 2.31 bits per heavy atom. The van der Waals surface area contributed by atoms with Gasteiger partial charge in [0.2, 0.25) is 5.88 Å². The highest BCUT2D eigenvalue weighted by Gasteiger charge is 2.31. The molecule has 3 aromatic carbocycles. The lowest BCUT2D eigenvalue weighted by Crippen LogP contribution is -2.21. The van der Waals surface area contributed by atoms with Gasteiger partial charge in [0.1, 0.15) is 34.6 Å². The van der Waals surface area contributed by atoms with Gasteiger partial charge in [-0.2, -0.15) is 5.26 Å². The summed E-state index contributed by atoms with van der Waals surface area (Å²) < 4.78 is 22.6. The van der Waals surface area contributed by atoms with Gasteiger partial charge in [0.15, 0.2) is 6.61 Å². The number of ether oxygens (including phenoxy) is 4. The molecule has 4 rings (SSSR count). The van der Waals surface area contributed by atoms with Crippen molar-refractivity contribution < 1.29 is 23.7 Å². The summed E-state index contributed by atoms with van der Waals surface area (Å²) in [6.07, 6.45) is 3.27. The Hall–Kier alpha value is -4.44. The van der Waals surface area contributed by atoms with Crippen LogP contribution in [0.2, 0.25) is 0 Å². The first-order valence-electron chi connectivity index (χ1n) is 13.3. The third-order valence-corrected chi connectivity index (χ3v) is 6.56. The first kappa shape index (κ1) is 27.6. The molecule has 0 saturated carbocycles. The minimum absolute atomic E-state index is 0.0200. The van der Waals surface area contributed by atoms with Crippen LogP contribution in [0.15, 0.2) is 78.2 Å². The highest BCUT2D eigenvalue weighted by Crippen LogP contribution is 2.43. The van der Waals surface area contributed by atoms with Crippen molar-refractivity contribution in [2.24, 2.45) is 5.73 Å². The number of esters is 1. The van der Waals surface area contributed by atoms with Gasteiger partial charge in [-0.15, -0.1) is 0 Å². The van der Waals surface area contributed by atoms with E-state index in [0.717, 1.165) is 36.1 Å². The Morgan fingerprint density at radius 2 is 1.64 bits per heavy atom. The molecule has 1 atom stereocenters. The summed E-state index contributed by atoms with van der Waals surface area (Å²) in [6.45, 7) is 6.81. The van der Waals surface area contributed by atoms with Gasteiger partial charge in [-0.3, -0.25) is 0 Å². The average Bonchev–Trinajstić information content (AvgIpc) is 2.94. The van der Waals surface area contributed by atoms with E-state index in [9.17, 15) is 10.1 Å². The Bertz CT molecular complexity index is 1350. The number of nitrogens with two attached hydrogens (primary N) is 1. The molecule has 1 aliphatic rings. The third kappa shape index (κ3) is 6.91. The van der Waals surface area contributed by atoms with Crippen LogP contribution in [0.4, 0.5) is 0 Å². The second-order valence-corrected chi connectivity index (χ2v) is 9.74. The molecule has 1 unspecified atom stereocenters. The molecule has 7 nitrogen and oxygen atoms in total. The van der Waals surface area contributed by atoms with Crippen molar-refractivity contribution in [3.05, 3.63) is 94.9 Å². The zero-order valence-corrected chi connectivity index (χ0v) is 22.6. The van der Waals surface area contributed by atoms with Crippen LogP contribution in [0.3, 0.4) is 0 Å². The van der Waals surface area contributed by atoms with Gasteiger partial charge in [-0.1, -0.05) is 63.9 Å². The van der Waals surface area contributed by atoms with Gasteiger partial charge < -0.3 is 24.7 Å². The quantitative estimate of drug-likeness (QED) is 0.171.